The Hall–Kier alpha value is -3.98. The average molecular weight is 477 g/mol. The van der Waals surface area contributed by atoms with Crippen LogP contribution in [0, 0.1) is 6.92 Å². The van der Waals surface area contributed by atoms with E-state index in [0.29, 0.717) is 22.7 Å². The normalized spacial score (nSPS) is 11.6. The van der Waals surface area contributed by atoms with Gasteiger partial charge in [-0.25, -0.2) is 0 Å². The van der Waals surface area contributed by atoms with Crippen molar-refractivity contribution < 1.29 is 18.7 Å². The quantitative estimate of drug-likeness (QED) is 0.365. The van der Waals surface area contributed by atoms with Gasteiger partial charge in [-0.1, -0.05) is 29.5 Å². The monoisotopic (exact) mass is 476 g/mol. The van der Waals surface area contributed by atoms with E-state index in [1.54, 1.807) is 30.5 Å². The first-order valence-corrected chi connectivity index (χ1v) is 11.5. The van der Waals surface area contributed by atoms with E-state index in [-0.39, 0.29) is 23.6 Å². The van der Waals surface area contributed by atoms with Crippen LogP contribution in [0.1, 0.15) is 43.4 Å². The number of rotatable bonds is 9. The van der Waals surface area contributed by atoms with Crippen molar-refractivity contribution in [3.8, 4) is 5.75 Å². The van der Waals surface area contributed by atoms with Crippen LogP contribution in [-0.4, -0.2) is 28.1 Å². The zero-order valence-corrected chi connectivity index (χ0v) is 19.6. The molecule has 0 aliphatic heterocycles. The van der Waals surface area contributed by atoms with Crippen molar-refractivity contribution in [2.24, 2.45) is 0 Å². The summed E-state index contributed by atoms with van der Waals surface area (Å²) < 4.78 is 11.0. The minimum absolute atomic E-state index is 0.112. The fourth-order valence-corrected chi connectivity index (χ4v) is 3.91. The molecular weight excluding hydrogens is 452 g/mol. The zero-order valence-electron chi connectivity index (χ0n) is 18.8. The van der Waals surface area contributed by atoms with Crippen LogP contribution in [0.2, 0.25) is 0 Å². The molecule has 2 aromatic heterocycles. The number of nitrogens with zero attached hydrogens (tertiary/aromatic N) is 2. The molecule has 2 heterocycles. The van der Waals surface area contributed by atoms with Crippen LogP contribution in [0.4, 0.5) is 5.69 Å². The van der Waals surface area contributed by atoms with E-state index >= 15 is 0 Å². The van der Waals surface area contributed by atoms with Crippen molar-refractivity contribution in [2.45, 2.75) is 32.9 Å². The molecule has 2 N–H and O–H groups in total. The number of amides is 2. The fourth-order valence-electron chi connectivity index (χ4n) is 3.27. The molecular formula is C25H24N4O4S. The molecule has 0 unspecified atom stereocenters. The number of nitrogens with one attached hydrogen (secondary N) is 2. The molecule has 0 radical (unpaired) electrons. The minimum Gasteiger partial charge on any atom is -0.486 e. The van der Waals surface area contributed by atoms with Crippen LogP contribution < -0.4 is 15.4 Å². The third-order valence-corrected chi connectivity index (χ3v) is 5.76. The predicted octanol–water partition coefficient (Wildman–Crippen LogP) is 4.63. The molecule has 4 aromatic rings. The minimum atomic E-state index is -0.400. The Bertz CT molecular complexity index is 1270. The van der Waals surface area contributed by atoms with Gasteiger partial charge in [-0.3, -0.25) is 9.59 Å². The van der Waals surface area contributed by atoms with Crippen LogP contribution in [-0.2, 0) is 13.0 Å². The molecule has 0 spiro atoms. The van der Waals surface area contributed by atoms with E-state index in [9.17, 15) is 9.59 Å². The van der Waals surface area contributed by atoms with Gasteiger partial charge in [0.15, 0.2) is 5.01 Å². The molecule has 1 atom stereocenters. The molecule has 0 bridgehead atoms. The fraction of sp³-hybridized carbons (Fsp3) is 0.200. The lowest BCUT2D eigenvalue weighted by Crippen LogP contribution is -2.34. The van der Waals surface area contributed by atoms with Crippen molar-refractivity contribution in [3.63, 3.8) is 0 Å². The molecule has 8 nitrogen and oxygen atoms in total. The third-order valence-electron chi connectivity index (χ3n) is 4.86. The van der Waals surface area contributed by atoms with Gasteiger partial charge in [-0.05, 0) is 61.9 Å². The number of aromatic nitrogens is 2. The second-order valence-electron chi connectivity index (χ2n) is 7.80. The van der Waals surface area contributed by atoms with E-state index in [4.69, 9.17) is 9.15 Å². The van der Waals surface area contributed by atoms with Gasteiger partial charge >= 0.3 is 0 Å². The number of anilines is 1. The van der Waals surface area contributed by atoms with Gasteiger partial charge in [-0.2, -0.15) is 0 Å². The van der Waals surface area contributed by atoms with Crippen LogP contribution in [0.5, 0.6) is 5.75 Å². The van der Waals surface area contributed by atoms with Gasteiger partial charge in [-0.15, -0.1) is 10.2 Å². The Balaban J connectivity index is 1.32. The van der Waals surface area contributed by atoms with Crippen molar-refractivity contribution in [1.29, 1.82) is 0 Å². The van der Waals surface area contributed by atoms with Gasteiger partial charge in [0.1, 0.15) is 18.1 Å². The van der Waals surface area contributed by atoms with Gasteiger partial charge in [0.2, 0.25) is 5.01 Å². The summed E-state index contributed by atoms with van der Waals surface area (Å²) in [6.45, 7) is 4.11. The van der Waals surface area contributed by atoms with Crippen LogP contribution in [0.15, 0.2) is 71.3 Å². The molecule has 9 heteroatoms. The number of benzene rings is 2. The average Bonchev–Trinajstić information content (AvgIpc) is 3.50. The van der Waals surface area contributed by atoms with Crippen LogP contribution in [0.25, 0.3) is 0 Å². The first-order valence-electron chi connectivity index (χ1n) is 10.7. The van der Waals surface area contributed by atoms with Gasteiger partial charge in [0.05, 0.1) is 6.26 Å². The Morgan fingerprint density at radius 1 is 1.06 bits per heavy atom. The topological polar surface area (TPSA) is 106 Å². The SMILES string of the molecule is Cc1cccc(OCc2nnc(C(=O)Nc3cccc(C(=O)N[C@H](C)Cc4ccco4)c3)s2)c1. The number of hydrogen-bond acceptors (Lipinski definition) is 7. The van der Waals surface area contributed by atoms with Gasteiger partial charge < -0.3 is 19.8 Å². The summed E-state index contributed by atoms with van der Waals surface area (Å²) in [7, 11) is 0. The molecule has 0 aliphatic rings. The summed E-state index contributed by atoms with van der Waals surface area (Å²) in [4.78, 5) is 25.2. The molecule has 0 fully saturated rings. The Kier molecular flexibility index (Phi) is 7.34. The molecule has 0 saturated carbocycles. The highest BCUT2D eigenvalue weighted by atomic mass is 32.1. The van der Waals surface area contributed by atoms with Crippen molar-refractivity contribution >= 4 is 28.8 Å². The number of carbonyl (C=O) groups excluding carboxylic acids is 2. The molecule has 2 aromatic carbocycles. The summed E-state index contributed by atoms with van der Waals surface area (Å²) in [5.41, 5.74) is 2.02. The smallest absolute Gasteiger partial charge is 0.286 e. The molecule has 0 saturated heterocycles. The van der Waals surface area contributed by atoms with E-state index < -0.39 is 5.91 Å². The van der Waals surface area contributed by atoms with Crippen molar-refractivity contribution in [3.05, 3.63) is 93.8 Å². The molecule has 4 rings (SSSR count). The maximum absolute atomic E-state index is 12.6. The van der Waals surface area contributed by atoms with Gasteiger partial charge in [0.25, 0.3) is 11.8 Å². The summed E-state index contributed by atoms with van der Waals surface area (Å²) in [6.07, 6.45) is 2.19. The molecule has 34 heavy (non-hydrogen) atoms. The second kappa shape index (κ2) is 10.8. The lowest BCUT2D eigenvalue weighted by molar-refractivity contribution is 0.0938. The Labute approximate surface area is 201 Å². The summed E-state index contributed by atoms with van der Waals surface area (Å²) >= 11 is 1.16. The first-order chi connectivity index (χ1) is 16.5. The number of carbonyl (C=O) groups is 2. The summed E-state index contributed by atoms with van der Waals surface area (Å²) in [5.74, 6) is 0.897. The Morgan fingerprint density at radius 3 is 2.71 bits per heavy atom. The standard InChI is InChI=1S/C25H24N4O4S/c1-16-6-3-9-20(12-16)33-15-22-28-29-25(34-22)24(31)27-19-8-4-7-18(14-19)23(30)26-17(2)13-21-10-5-11-32-21/h3-12,14,17H,13,15H2,1-2H3,(H,26,30)(H,27,31)/t17-/m1/s1. The second-order valence-corrected chi connectivity index (χ2v) is 8.86. The van der Waals surface area contributed by atoms with E-state index in [0.717, 1.165) is 28.4 Å². The highest BCUT2D eigenvalue weighted by Gasteiger charge is 2.16. The van der Waals surface area contributed by atoms with E-state index in [1.165, 1.54) is 0 Å². The number of ether oxygens (including phenoxy) is 1. The maximum Gasteiger partial charge on any atom is 0.286 e. The highest BCUT2D eigenvalue weighted by molar-refractivity contribution is 7.13. The lowest BCUT2D eigenvalue weighted by atomic mass is 10.1. The highest BCUT2D eigenvalue weighted by Crippen LogP contribution is 2.18. The number of aryl methyl sites for hydroxylation is 1. The Morgan fingerprint density at radius 2 is 1.91 bits per heavy atom. The number of furan rings is 1. The number of hydrogen-bond donors (Lipinski definition) is 2. The molecule has 174 valence electrons. The zero-order chi connectivity index (χ0) is 23.9. The van der Waals surface area contributed by atoms with E-state index in [1.807, 2.05) is 50.2 Å². The summed E-state index contributed by atoms with van der Waals surface area (Å²) in [5, 5.41) is 14.5. The maximum atomic E-state index is 12.6. The predicted molar refractivity (Wildman–Crippen MR) is 129 cm³/mol. The van der Waals surface area contributed by atoms with E-state index in [2.05, 4.69) is 20.8 Å². The third kappa shape index (κ3) is 6.29. The van der Waals surface area contributed by atoms with Crippen molar-refractivity contribution in [1.82, 2.24) is 15.5 Å². The van der Waals surface area contributed by atoms with Crippen molar-refractivity contribution in [2.75, 3.05) is 5.32 Å². The first kappa shape index (κ1) is 23.2. The lowest BCUT2D eigenvalue weighted by Gasteiger charge is -2.13. The molecule has 0 aliphatic carbocycles. The van der Waals surface area contributed by atoms with Crippen LogP contribution >= 0.6 is 11.3 Å². The summed E-state index contributed by atoms with van der Waals surface area (Å²) in [6, 6.07) is 18.0. The van der Waals surface area contributed by atoms with Crippen LogP contribution in [0.3, 0.4) is 0 Å². The largest absolute Gasteiger partial charge is 0.486 e. The molecule has 2 amide bonds. The van der Waals surface area contributed by atoms with Gasteiger partial charge in [0, 0.05) is 23.7 Å².